The minimum atomic E-state index is -0.542. The highest BCUT2D eigenvalue weighted by atomic mass is 16.6. The van der Waals surface area contributed by atoms with Crippen LogP contribution >= 0.6 is 0 Å². The molecule has 0 atom stereocenters. The molecule has 0 fully saturated rings. The van der Waals surface area contributed by atoms with Gasteiger partial charge in [-0.15, -0.1) is 0 Å². The molecule has 0 aliphatic heterocycles. The van der Waals surface area contributed by atoms with Crippen molar-refractivity contribution in [2.75, 3.05) is 13.1 Å². The third-order valence-electron chi connectivity index (χ3n) is 3.76. The number of carbonyl (C=O) groups excluding carboxylic acids is 1. The summed E-state index contributed by atoms with van der Waals surface area (Å²) in [6.07, 6.45) is -0.510. The van der Waals surface area contributed by atoms with E-state index < -0.39 is 11.7 Å². The molecule has 142 valence electrons. The molecule has 1 N–H and O–H groups in total. The first-order chi connectivity index (χ1) is 12.3. The highest BCUT2D eigenvalue weighted by Gasteiger charge is 2.17. The van der Waals surface area contributed by atoms with Gasteiger partial charge in [-0.25, -0.2) is 4.79 Å². The van der Waals surface area contributed by atoms with E-state index in [1.54, 1.807) is 0 Å². The second-order valence-corrected chi connectivity index (χ2v) is 7.03. The van der Waals surface area contributed by atoms with Crippen LogP contribution in [-0.4, -0.2) is 39.8 Å². The van der Waals surface area contributed by atoms with Crippen molar-refractivity contribution < 1.29 is 14.1 Å². The Balaban J connectivity index is 1.93. The van der Waals surface area contributed by atoms with Crippen molar-refractivity contribution in [2.45, 2.75) is 53.3 Å². The zero-order valence-electron chi connectivity index (χ0n) is 16.2. The average molecular weight is 360 g/mol. The lowest BCUT2D eigenvalue weighted by molar-refractivity contribution is 0.0522. The predicted molar refractivity (Wildman–Crippen MR) is 99.4 cm³/mol. The van der Waals surface area contributed by atoms with E-state index in [9.17, 15) is 4.79 Å². The molecule has 1 aromatic carbocycles. The molecule has 2 rings (SSSR count). The highest BCUT2D eigenvalue weighted by molar-refractivity contribution is 5.67. The minimum absolute atomic E-state index is 0.151. The maximum Gasteiger partial charge on any atom is 0.408 e. The Morgan fingerprint density at radius 1 is 1.19 bits per heavy atom. The molecule has 7 heteroatoms. The van der Waals surface area contributed by atoms with Crippen LogP contribution in [0.5, 0.6) is 0 Å². The quantitative estimate of drug-likeness (QED) is 0.812. The number of hydrogen-bond donors (Lipinski definition) is 1. The Labute approximate surface area is 154 Å². The number of benzene rings is 1. The fourth-order valence-corrected chi connectivity index (χ4v) is 2.37. The van der Waals surface area contributed by atoms with Crippen molar-refractivity contribution >= 4 is 6.09 Å². The first-order valence-corrected chi connectivity index (χ1v) is 8.91. The van der Waals surface area contributed by atoms with E-state index in [0.717, 1.165) is 25.2 Å². The number of nitrogens with one attached hydrogen (secondary N) is 1. The summed E-state index contributed by atoms with van der Waals surface area (Å²) >= 11 is 0. The molecular weight excluding hydrogens is 332 g/mol. The van der Waals surface area contributed by atoms with Gasteiger partial charge in [0, 0.05) is 12.1 Å². The van der Waals surface area contributed by atoms with E-state index in [-0.39, 0.29) is 6.54 Å². The van der Waals surface area contributed by atoms with Crippen LogP contribution in [0, 0.1) is 0 Å². The molecule has 0 spiro atoms. The molecule has 0 saturated carbocycles. The van der Waals surface area contributed by atoms with Gasteiger partial charge in [0.05, 0.1) is 6.54 Å². The van der Waals surface area contributed by atoms with Crippen LogP contribution < -0.4 is 5.32 Å². The molecule has 7 nitrogen and oxygen atoms in total. The third kappa shape index (κ3) is 6.15. The van der Waals surface area contributed by atoms with Crippen LogP contribution in [-0.2, 0) is 17.8 Å². The van der Waals surface area contributed by atoms with E-state index in [1.165, 1.54) is 5.56 Å². The average Bonchev–Trinajstić information content (AvgIpc) is 3.06. The number of hydrogen-bond acceptors (Lipinski definition) is 6. The van der Waals surface area contributed by atoms with Crippen LogP contribution in [0.15, 0.2) is 28.8 Å². The van der Waals surface area contributed by atoms with Gasteiger partial charge in [0.2, 0.25) is 0 Å². The monoisotopic (exact) mass is 360 g/mol. The summed E-state index contributed by atoms with van der Waals surface area (Å²) in [5, 5.41) is 6.51. The maximum absolute atomic E-state index is 11.7. The summed E-state index contributed by atoms with van der Waals surface area (Å²) in [5.74, 6) is 0.832. The minimum Gasteiger partial charge on any atom is -0.444 e. The molecule has 1 heterocycles. The molecule has 26 heavy (non-hydrogen) atoms. The van der Waals surface area contributed by atoms with Crippen molar-refractivity contribution in [1.29, 1.82) is 0 Å². The maximum atomic E-state index is 11.7. The molecule has 0 radical (unpaired) electrons. The number of rotatable bonds is 7. The van der Waals surface area contributed by atoms with Gasteiger partial charge in [-0.1, -0.05) is 31.1 Å². The van der Waals surface area contributed by atoms with Crippen molar-refractivity contribution in [3.8, 4) is 11.5 Å². The molecule has 0 bridgehead atoms. The van der Waals surface area contributed by atoms with Gasteiger partial charge >= 0.3 is 6.09 Å². The summed E-state index contributed by atoms with van der Waals surface area (Å²) in [6, 6.07) is 8.07. The Bertz CT molecular complexity index is 700. The van der Waals surface area contributed by atoms with Crippen LogP contribution in [0.4, 0.5) is 4.79 Å². The Kier molecular flexibility index (Phi) is 6.74. The number of nitrogens with zero attached hydrogens (tertiary/aromatic N) is 3. The van der Waals surface area contributed by atoms with Crippen LogP contribution in [0.1, 0.15) is 46.0 Å². The van der Waals surface area contributed by atoms with Gasteiger partial charge in [0.25, 0.3) is 5.89 Å². The Morgan fingerprint density at radius 3 is 2.42 bits per heavy atom. The summed E-state index contributed by atoms with van der Waals surface area (Å²) in [5.41, 5.74) is 1.55. The normalized spacial score (nSPS) is 11.6. The second-order valence-electron chi connectivity index (χ2n) is 7.03. The second kappa shape index (κ2) is 8.80. The molecule has 0 aliphatic carbocycles. The fraction of sp³-hybridized carbons (Fsp3) is 0.526. The molecule has 0 unspecified atom stereocenters. The lowest BCUT2D eigenvalue weighted by atomic mass is 10.1. The van der Waals surface area contributed by atoms with Crippen molar-refractivity contribution in [3.63, 3.8) is 0 Å². The van der Waals surface area contributed by atoms with Gasteiger partial charge in [-0.3, -0.25) is 4.90 Å². The van der Waals surface area contributed by atoms with Crippen molar-refractivity contribution in [2.24, 2.45) is 0 Å². The van der Waals surface area contributed by atoms with E-state index in [1.807, 2.05) is 32.9 Å². The summed E-state index contributed by atoms with van der Waals surface area (Å²) in [4.78, 5) is 18.3. The van der Waals surface area contributed by atoms with Gasteiger partial charge in [0.1, 0.15) is 5.60 Å². The molecule has 2 aromatic rings. The summed E-state index contributed by atoms with van der Waals surface area (Å²) in [6.45, 7) is 12.9. The highest BCUT2D eigenvalue weighted by Crippen LogP contribution is 2.18. The topological polar surface area (TPSA) is 80.5 Å². The van der Waals surface area contributed by atoms with E-state index in [4.69, 9.17) is 9.26 Å². The first-order valence-electron chi connectivity index (χ1n) is 8.91. The number of ether oxygens (including phenoxy) is 1. The van der Waals surface area contributed by atoms with Crippen LogP contribution in [0.2, 0.25) is 0 Å². The molecular formula is C19H28N4O3. The lowest BCUT2D eigenvalue weighted by Gasteiger charge is -2.19. The Hall–Kier alpha value is -2.41. The van der Waals surface area contributed by atoms with Gasteiger partial charge in [-0.2, -0.15) is 4.98 Å². The van der Waals surface area contributed by atoms with E-state index in [2.05, 4.69) is 46.3 Å². The molecule has 0 saturated heterocycles. The number of carbonyl (C=O) groups is 1. The molecule has 1 aromatic heterocycles. The first kappa shape index (κ1) is 19.9. The van der Waals surface area contributed by atoms with Gasteiger partial charge < -0.3 is 14.6 Å². The zero-order valence-corrected chi connectivity index (χ0v) is 16.2. The van der Waals surface area contributed by atoms with Crippen LogP contribution in [0.25, 0.3) is 11.5 Å². The largest absolute Gasteiger partial charge is 0.444 e. The van der Waals surface area contributed by atoms with E-state index in [0.29, 0.717) is 11.7 Å². The standard InChI is InChI=1S/C19H28N4O3/c1-6-23(7-2)13-14-8-10-15(11-9-14)17-21-16(22-26-17)12-20-18(24)25-19(3,4)5/h8-11H,6-7,12-13H2,1-5H3,(H,20,24). The fourth-order valence-electron chi connectivity index (χ4n) is 2.37. The van der Waals surface area contributed by atoms with Gasteiger partial charge in [-0.05, 0) is 51.6 Å². The predicted octanol–water partition coefficient (Wildman–Crippen LogP) is 3.60. The Morgan fingerprint density at radius 2 is 1.85 bits per heavy atom. The van der Waals surface area contributed by atoms with Gasteiger partial charge in [0.15, 0.2) is 5.82 Å². The number of amides is 1. The summed E-state index contributed by atoms with van der Waals surface area (Å²) < 4.78 is 10.5. The SMILES string of the molecule is CCN(CC)Cc1ccc(-c2nc(CNC(=O)OC(C)(C)C)no2)cc1. The lowest BCUT2D eigenvalue weighted by Crippen LogP contribution is -2.32. The van der Waals surface area contributed by atoms with E-state index >= 15 is 0 Å². The summed E-state index contributed by atoms with van der Waals surface area (Å²) in [7, 11) is 0. The smallest absolute Gasteiger partial charge is 0.408 e. The van der Waals surface area contributed by atoms with Crippen LogP contribution in [0.3, 0.4) is 0 Å². The number of aromatic nitrogens is 2. The van der Waals surface area contributed by atoms with Crippen molar-refractivity contribution in [3.05, 3.63) is 35.7 Å². The van der Waals surface area contributed by atoms with Crippen molar-refractivity contribution in [1.82, 2.24) is 20.4 Å². The third-order valence-corrected chi connectivity index (χ3v) is 3.76. The molecule has 1 amide bonds. The molecule has 0 aliphatic rings. The number of alkyl carbamates (subject to hydrolysis) is 1. The zero-order chi connectivity index (χ0) is 19.2.